The molecule has 0 atom stereocenters. The third-order valence-corrected chi connectivity index (χ3v) is 4.14. The van der Waals surface area contributed by atoms with E-state index >= 15 is 0 Å². The summed E-state index contributed by atoms with van der Waals surface area (Å²) in [5.74, 6) is -0.564. The second-order valence-corrected chi connectivity index (χ2v) is 6.28. The minimum Gasteiger partial charge on any atom is -0.490 e. The number of methoxy groups -OCH3 is 1. The fourth-order valence-corrected chi connectivity index (χ4v) is 2.70. The lowest BCUT2D eigenvalue weighted by atomic mass is 10.2. The summed E-state index contributed by atoms with van der Waals surface area (Å²) in [6, 6.07) is 11.7. The number of carbonyl (C=O) groups is 3. The minimum absolute atomic E-state index is 0.203. The van der Waals surface area contributed by atoms with Gasteiger partial charge in [0.2, 0.25) is 0 Å². The fraction of sp³-hybridized carbons (Fsp3) is 0.227. The normalized spacial score (nSPS) is 12.7. The van der Waals surface area contributed by atoms with Crippen LogP contribution in [0.3, 0.4) is 0 Å². The van der Waals surface area contributed by atoms with E-state index in [1.165, 1.54) is 19.3 Å². The molecule has 1 aliphatic rings. The number of ether oxygens (including phenoxy) is 4. The summed E-state index contributed by atoms with van der Waals surface area (Å²) in [7, 11) is 1.25. The maximum absolute atomic E-state index is 12.1. The lowest BCUT2D eigenvalue weighted by molar-refractivity contribution is -0.142. The molecule has 0 aliphatic carbocycles. The number of hydrogen-bond donors (Lipinski definition) is 1. The van der Waals surface area contributed by atoms with Crippen LogP contribution >= 0.6 is 0 Å². The van der Waals surface area contributed by atoms with Gasteiger partial charge in [-0.05, 0) is 35.9 Å². The van der Waals surface area contributed by atoms with E-state index in [4.69, 9.17) is 14.2 Å². The van der Waals surface area contributed by atoms with Crippen molar-refractivity contribution in [3.8, 4) is 11.5 Å². The number of carbonyl (C=O) groups excluding carboxylic acids is 3. The first-order valence-corrected chi connectivity index (χ1v) is 9.28. The van der Waals surface area contributed by atoms with Gasteiger partial charge in [0.05, 0.1) is 31.6 Å². The molecule has 0 radical (unpaired) electrons. The predicted octanol–water partition coefficient (Wildman–Crippen LogP) is 2.83. The predicted molar refractivity (Wildman–Crippen MR) is 108 cm³/mol. The molecule has 0 saturated heterocycles. The molecular formula is C22H21NO7. The van der Waals surface area contributed by atoms with Crippen LogP contribution in [0.1, 0.15) is 22.3 Å². The lowest BCUT2D eigenvalue weighted by Gasteiger charge is -2.09. The monoisotopic (exact) mass is 411 g/mol. The third-order valence-electron chi connectivity index (χ3n) is 4.14. The highest BCUT2D eigenvalue weighted by Gasteiger charge is 2.14. The number of rotatable bonds is 6. The van der Waals surface area contributed by atoms with E-state index in [1.807, 2.05) is 0 Å². The second kappa shape index (κ2) is 10.1. The van der Waals surface area contributed by atoms with Crippen molar-refractivity contribution < 1.29 is 33.3 Å². The number of nitrogens with one attached hydrogen (secondary N) is 1. The maximum Gasteiger partial charge on any atom is 0.339 e. The average molecular weight is 411 g/mol. The summed E-state index contributed by atoms with van der Waals surface area (Å²) in [4.78, 5) is 35.7. The summed E-state index contributed by atoms with van der Waals surface area (Å²) in [5, 5.41) is 2.52. The number of anilines is 1. The molecule has 1 amide bonds. The van der Waals surface area contributed by atoms with Gasteiger partial charge >= 0.3 is 11.9 Å². The van der Waals surface area contributed by atoms with E-state index in [1.54, 1.807) is 42.5 Å². The Morgan fingerprint density at radius 3 is 2.63 bits per heavy atom. The van der Waals surface area contributed by atoms with Gasteiger partial charge in [-0.25, -0.2) is 9.59 Å². The van der Waals surface area contributed by atoms with Gasteiger partial charge < -0.3 is 24.3 Å². The van der Waals surface area contributed by atoms with Crippen LogP contribution in [0.2, 0.25) is 0 Å². The van der Waals surface area contributed by atoms with Crippen molar-refractivity contribution in [3.05, 3.63) is 59.7 Å². The summed E-state index contributed by atoms with van der Waals surface area (Å²) in [5.41, 5.74) is 1.20. The number of amides is 1. The molecule has 1 N–H and O–H groups in total. The molecule has 30 heavy (non-hydrogen) atoms. The van der Waals surface area contributed by atoms with E-state index in [0.29, 0.717) is 24.7 Å². The van der Waals surface area contributed by atoms with Gasteiger partial charge in [-0.1, -0.05) is 18.2 Å². The quantitative estimate of drug-likeness (QED) is 0.576. The van der Waals surface area contributed by atoms with E-state index in [-0.39, 0.29) is 11.3 Å². The Morgan fingerprint density at radius 2 is 1.83 bits per heavy atom. The molecule has 0 fully saturated rings. The standard InChI is InChI=1S/C22H21NO7/c1-27-22(26)16-5-2-3-6-17(16)23-20(24)14-30-21(25)10-8-15-7-9-18-19(13-15)29-12-4-11-28-18/h2-3,5-10,13H,4,11-12,14H2,1H3,(H,23,24)/b10-8+. The molecule has 0 spiro atoms. The van der Waals surface area contributed by atoms with Crippen molar-refractivity contribution in [2.45, 2.75) is 6.42 Å². The van der Waals surface area contributed by atoms with Crippen LogP contribution < -0.4 is 14.8 Å². The number of hydrogen-bond acceptors (Lipinski definition) is 7. The zero-order valence-electron chi connectivity index (χ0n) is 16.4. The van der Waals surface area contributed by atoms with Crippen LogP contribution in [0.15, 0.2) is 48.5 Å². The Kier molecular flexibility index (Phi) is 7.05. The van der Waals surface area contributed by atoms with E-state index < -0.39 is 24.5 Å². The van der Waals surface area contributed by atoms with Crippen LogP contribution in [-0.2, 0) is 19.1 Å². The molecule has 2 aromatic carbocycles. The molecule has 8 nitrogen and oxygen atoms in total. The Bertz CT molecular complexity index is 968. The molecular weight excluding hydrogens is 390 g/mol. The highest BCUT2D eigenvalue weighted by Crippen LogP contribution is 2.30. The minimum atomic E-state index is -0.682. The number of fused-ring (bicyclic) bond motifs is 1. The van der Waals surface area contributed by atoms with Gasteiger partial charge in [0, 0.05) is 12.5 Å². The van der Waals surface area contributed by atoms with Gasteiger partial charge in [0.25, 0.3) is 5.91 Å². The van der Waals surface area contributed by atoms with E-state index in [2.05, 4.69) is 10.1 Å². The molecule has 0 aromatic heterocycles. The Labute approximate surface area is 173 Å². The van der Waals surface area contributed by atoms with Gasteiger partial charge in [0.15, 0.2) is 18.1 Å². The molecule has 156 valence electrons. The highest BCUT2D eigenvalue weighted by atomic mass is 16.5. The highest BCUT2D eigenvalue weighted by molar-refractivity contribution is 6.02. The second-order valence-electron chi connectivity index (χ2n) is 6.28. The summed E-state index contributed by atoms with van der Waals surface area (Å²) in [6.07, 6.45) is 3.58. The number of esters is 2. The Morgan fingerprint density at radius 1 is 1.07 bits per heavy atom. The molecule has 1 heterocycles. The van der Waals surface area contributed by atoms with Gasteiger partial charge in [-0.3, -0.25) is 4.79 Å². The Balaban J connectivity index is 1.53. The third kappa shape index (κ3) is 5.60. The number of para-hydroxylation sites is 1. The fourth-order valence-electron chi connectivity index (χ4n) is 2.70. The van der Waals surface area contributed by atoms with Crippen LogP contribution in [-0.4, -0.2) is 44.8 Å². The van der Waals surface area contributed by atoms with Crippen molar-refractivity contribution in [2.24, 2.45) is 0 Å². The molecule has 0 bridgehead atoms. The van der Waals surface area contributed by atoms with Crippen LogP contribution in [0.5, 0.6) is 11.5 Å². The molecule has 3 rings (SSSR count). The van der Waals surface area contributed by atoms with E-state index in [0.717, 1.165) is 12.0 Å². The molecule has 8 heteroatoms. The first-order valence-electron chi connectivity index (χ1n) is 9.28. The van der Waals surface area contributed by atoms with E-state index in [9.17, 15) is 14.4 Å². The zero-order valence-corrected chi connectivity index (χ0v) is 16.4. The van der Waals surface area contributed by atoms with Crippen LogP contribution in [0, 0.1) is 0 Å². The zero-order chi connectivity index (χ0) is 21.3. The van der Waals surface area contributed by atoms with Crippen molar-refractivity contribution in [1.82, 2.24) is 0 Å². The summed E-state index contributed by atoms with van der Waals surface area (Å²) in [6.45, 7) is 0.664. The van der Waals surface area contributed by atoms with Gasteiger partial charge in [0.1, 0.15) is 0 Å². The SMILES string of the molecule is COC(=O)c1ccccc1NC(=O)COC(=O)/C=C/c1ccc2c(c1)OCCCO2. The molecule has 1 aliphatic heterocycles. The smallest absolute Gasteiger partial charge is 0.339 e. The summed E-state index contributed by atoms with van der Waals surface area (Å²) >= 11 is 0. The van der Waals surface area contributed by atoms with Crippen molar-refractivity contribution in [3.63, 3.8) is 0 Å². The molecule has 0 unspecified atom stereocenters. The van der Waals surface area contributed by atoms with Crippen molar-refractivity contribution in [1.29, 1.82) is 0 Å². The van der Waals surface area contributed by atoms with Gasteiger partial charge in [-0.2, -0.15) is 0 Å². The first kappa shape index (κ1) is 20.9. The molecule has 2 aromatic rings. The maximum atomic E-state index is 12.1. The average Bonchev–Trinajstić information content (AvgIpc) is 3.01. The van der Waals surface area contributed by atoms with Gasteiger partial charge in [-0.15, -0.1) is 0 Å². The van der Waals surface area contributed by atoms with Crippen molar-refractivity contribution in [2.75, 3.05) is 32.2 Å². The topological polar surface area (TPSA) is 100 Å². The van der Waals surface area contributed by atoms with Crippen molar-refractivity contribution >= 4 is 29.6 Å². The van der Waals surface area contributed by atoms with Crippen LogP contribution in [0.4, 0.5) is 5.69 Å². The first-order chi connectivity index (χ1) is 14.6. The number of benzene rings is 2. The molecule has 0 saturated carbocycles. The Hall–Kier alpha value is -3.81. The lowest BCUT2D eigenvalue weighted by Crippen LogP contribution is -2.21. The van der Waals surface area contributed by atoms with Crippen LogP contribution in [0.25, 0.3) is 6.08 Å². The largest absolute Gasteiger partial charge is 0.490 e. The summed E-state index contributed by atoms with van der Waals surface area (Å²) < 4.78 is 20.8.